The minimum atomic E-state index is 1.17. The molecule has 0 bridgehead atoms. The predicted octanol–water partition coefficient (Wildman–Crippen LogP) is 2.54. The van der Waals surface area contributed by atoms with Gasteiger partial charge in [-0.3, -0.25) is 4.99 Å². The van der Waals surface area contributed by atoms with Crippen LogP contribution in [0.2, 0.25) is 0 Å². The Bertz CT molecular complexity index is 154. The first-order valence-corrected chi connectivity index (χ1v) is 3.52. The minimum absolute atomic E-state index is 1.17. The van der Waals surface area contributed by atoms with Gasteiger partial charge in [-0.15, -0.1) is 0 Å². The van der Waals surface area contributed by atoms with Gasteiger partial charge in [0.25, 0.3) is 0 Å². The molecule has 0 radical (unpaired) electrons. The van der Waals surface area contributed by atoms with E-state index in [0.29, 0.717) is 0 Å². The molecule has 0 unspecified atom stereocenters. The highest BCUT2D eigenvalue weighted by atomic mass is 14.8. The first kappa shape index (κ1) is 6.53. The van der Waals surface area contributed by atoms with Crippen LogP contribution in [0.5, 0.6) is 0 Å². The van der Waals surface area contributed by atoms with Crippen LogP contribution in [0.1, 0.15) is 33.1 Å². The number of hydrogen-bond acceptors (Lipinski definition) is 1. The van der Waals surface area contributed by atoms with Gasteiger partial charge in [0.15, 0.2) is 0 Å². The third-order valence-electron chi connectivity index (χ3n) is 1.64. The average Bonchev–Trinajstić information content (AvgIpc) is 1.88. The second kappa shape index (κ2) is 2.81. The lowest BCUT2D eigenvalue weighted by atomic mass is 10.1. The summed E-state index contributed by atoms with van der Waals surface area (Å²) in [6.45, 7) is 4.15. The zero-order valence-electron chi connectivity index (χ0n) is 6.15. The summed E-state index contributed by atoms with van der Waals surface area (Å²) in [6.07, 6.45) is 5.75. The summed E-state index contributed by atoms with van der Waals surface area (Å²) < 4.78 is 0. The van der Waals surface area contributed by atoms with Crippen molar-refractivity contribution in [3.8, 4) is 0 Å². The molecule has 1 heterocycles. The Morgan fingerprint density at radius 2 is 2.22 bits per heavy atom. The maximum absolute atomic E-state index is 4.38. The molecule has 0 atom stereocenters. The Kier molecular flexibility index (Phi) is 2.04. The van der Waals surface area contributed by atoms with Crippen LogP contribution in [0.3, 0.4) is 0 Å². The van der Waals surface area contributed by atoms with Gasteiger partial charge in [0.2, 0.25) is 0 Å². The monoisotopic (exact) mass is 123 g/mol. The molecule has 1 aliphatic heterocycles. The largest absolute Gasteiger partial charge is 0.263 e. The Hall–Kier alpha value is -0.590. The normalized spacial score (nSPS) is 24.2. The Morgan fingerprint density at radius 3 is 2.67 bits per heavy atom. The van der Waals surface area contributed by atoms with E-state index in [9.17, 15) is 0 Å². The fourth-order valence-corrected chi connectivity index (χ4v) is 1.09. The summed E-state index contributed by atoms with van der Waals surface area (Å²) in [5.74, 6) is 0. The van der Waals surface area contributed by atoms with Crippen molar-refractivity contribution in [2.24, 2.45) is 4.99 Å². The van der Waals surface area contributed by atoms with Crippen molar-refractivity contribution < 1.29 is 0 Å². The van der Waals surface area contributed by atoms with E-state index in [-0.39, 0.29) is 0 Å². The summed E-state index contributed by atoms with van der Waals surface area (Å²) in [5, 5.41) is 0. The van der Waals surface area contributed by atoms with E-state index in [1.807, 2.05) is 0 Å². The van der Waals surface area contributed by atoms with Gasteiger partial charge in [-0.2, -0.15) is 0 Å². The Morgan fingerprint density at radius 1 is 1.44 bits per heavy atom. The molecule has 0 fully saturated rings. The van der Waals surface area contributed by atoms with Crippen molar-refractivity contribution in [2.45, 2.75) is 33.1 Å². The minimum Gasteiger partial charge on any atom is -0.263 e. The van der Waals surface area contributed by atoms with Gasteiger partial charge in [0.1, 0.15) is 0 Å². The Balaban J connectivity index is 2.68. The van der Waals surface area contributed by atoms with Crippen molar-refractivity contribution in [1.29, 1.82) is 0 Å². The van der Waals surface area contributed by atoms with E-state index in [2.05, 4.69) is 24.9 Å². The van der Waals surface area contributed by atoms with E-state index in [1.54, 1.807) is 0 Å². The molecule has 0 aromatic heterocycles. The van der Waals surface area contributed by atoms with Gasteiger partial charge in [0, 0.05) is 11.4 Å². The molecule has 0 N–H and O–H groups in total. The topological polar surface area (TPSA) is 12.4 Å². The summed E-state index contributed by atoms with van der Waals surface area (Å²) in [6, 6.07) is 0. The van der Waals surface area contributed by atoms with Crippen molar-refractivity contribution in [1.82, 2.24) is 0 Å². The van der Waals surface area contributed by atoms with Crippen LogP contribution in [0.25, 0.3) is 0 Å². The third kappa shape index (κ3) is 1.67. The molecule has 0 saturated heterocycles. The lowest BCUT2D eigenvalue weighted by molar-refractivity contribution is 0.807. The molecule has 1 aliphatic rings. The van der Waals surface area contributed by atoms with Crippen LogP contribution in [0.15, 0.2) is 16.8 Å². The van der Waals surface area contributed by atoms with Crippen molar-refractivity contribution in [3.63, 3.8) is 0 Å². The molecule has 9 heavy (non-hydrogen) atoms. The summed E-state index contributed by atoms with van der Waals surface area (Å²) in [5.41, 5.74) is 2.55. The van der Waals surface area contributed by atoms with E-state index in [4.69, 9.17) is 0 Å². The first-order valence-electron chi connectivity index (χ1n) is 3.52. The molecule has 50 valence electrons. The number of hydrogen-bond donors (Lipinski definition) is 0. The quantitative estimate of drug-likeness (QED) is 0.469. The van der Waals surface area contributed by atoms with Gasteiger partial charge in [-0.25, -0.2) is 0 Å². The highest BCUT2D eigenvalue weighted by Gasteiger charge is 2.02. The lowest BCUT2D eigenvalue weighted by Gasteiger charge is -2.09. The van der Waals surface area contributed by atoms with Crippen molar-refractivity contribution in [2.75, 3.05) is 0 Å². The average molecular weight is 123 g/mol. The highest BCUT2D eigenvalue weighted by molar-refractivity contribution is 5.83. The zero-order valence-corrected chi connectivity index (χ0v) is 6.15. The standard InChI is InChI=1S/C8H13N/c1-3-8-6-4-5-7(2)9-8/h3H,4-6H2,1-2H3/b8-3+. The Labute approximate surface area is 56.5 Å². The molecule has 0 amide bonds. The third-order valence-corrected chi connectivity index (χ3v) is 1.64. The fraction of sp³-hybridized carbons (Fsp3) is 0.625. The molecule has 0 spiro atoms. The maximum Gasteiger partial charge on any atom is 0.0360 e. The first-order chi connectivity index (χ1) is 4.33. The molecule has 0 aliphatic carbocycles. The van der Waals surface area contributed by atoms with Gasteiger partial charge in [-0.1, -0.05) is 6.08 Å². The van der Waals surface area contributed by atoms with E-state index >= 15 is 0 Å². The number of allylic oxidation sites excluding steroid dienone is 2. The van der Waals surface area contributed by atoms with Crippen LogP contribution in [0, 0.1) is 0 Å². The van der Waals surface area contributed by atoms with Gasteiger partial charge in [0.05, 0.1) is 0 Å². The summed E-state index contributed by atoms with van der Waals surface area (Å²) >= 11 is 0. The zero-order chi connectivity index (χ0) is 6.69. The van der Waals surface area contributed by atoms with Gasteiger partial charge < -0.3 is 0 Å². The van der Waals surface area contributed by atoms with Gasteiger partial charge >= 0.3 is 0 Å². The van der Waals surface area contributed by atoms with E-state index in [1.165, 1.54) is 30.7 Å². The summed E-state index contributed by atoms with van der Waals surface area (Å²) in [4.78, 5) is 4.38. The SMILES string of the molecule is C/C=C1\CCCC(C)=N1. The van der Waals surface area contributed by atoms with Crippen molar-refractivity contribution in [3.05, 3.63) is 11.8 Å². The van der Waals surface area contributed by atoms with Crippen LogP contribution in [-0.4, -0.2) is 5.71 Å². The second-order valence-electron chi connectivity index (χ2n) is 2.48. The molecular weight excluding hydrogens is 110 g/mol. The molecule has 1 nitrogen and oxygen atoms in total. The van der Waals surface area contributed by atoms with E-state index < -0.39 is 0 Å². The number of rotatable bonds is 0. The molecule has 0 saturated carbocycles. The molecule has 0 aromatic carbocycles. The van der Waals surface area contributed by atoms with Crippen LogP contribution >= 0.6 is 0 Å². The van der Waals surface area contributed by atoms with Crippen LogP contribution in [0.4, 0.5) is 0 Å². The van der Waals surface area contributed by atoms with Crippen LogP contribution in [-0.2, 0) is 0 Å². The molecule has 0 aromatic rings. The predicted molar refractivity (Wildman–Crippen MR) is 40.7 cm³/mol. The molecule has 1 heteroatoms. The van der Waals surface area contributed by atoms with E-state index in [0.717, 1.165) is 0 Å². The smallest absolute Gasteiger partial charge is 0.0360 e. The second-order valence-corrected chi connectivity index (χ2v) is 2.48. The molecule has 1 rings (SSSR count). The van der Waals surface area contributed by atoms with Gasteiger partial charge in [-0.05, 0) is 33.1 Å². The maximum atomic E-state index is 4.38. The molecular formula is C8H13N. The fourth-order valence-electron chi connectivity index (χ4n) is 1.09. The summed E-state index contributed by atoms with van der Waals surface area (Å²) in [7, 11) is 0. The lowest BCUT2D eigenvalue weighted by Crippen LogP contribution is -1.99. The number of aliphatic imine (C=N–C) groups is 1. The number of nitrogens with zero attached hydrogens (tertiary/aromatic N) is 1. The highest BCUT2D eigenvalue weighted by Crippen LogP contribution is 2.15. The van der Waals surface area contributed by atoms with Crippen LogP contribution < -0.4 is 0 Å². The van der Waals surface area contributed by atoms with Crippen molar-refractivity contribution >= 4 is 5.71 Å².